The van der Waals surface area contributed by atoms with Gasteiger partial charge in [0.25, 0.3) is 0 Å². The van der Waals surface area contributed by atoms with Crippen LogP contribution in [0, 0.1) is 6.92 Å². The molecule has 1 aromatic rings. The van der Waals surface area contributed by atoms with Gasteiger partial charge in [0, 0.05) is 10.9 Å². The van der Waals surface area contributed by atoms with Crippen LogP contribution in [-0.2, 0) is 0 Å². The van der Waals surface area contributed by atoms with Gasteiger partial charge in [-0.25, -0.2) is 4.99 Å². The van der Waals surface area contributed by atoms with Crippen LogP contribution >= 0.6 is 15.9 Å². The average molecular weight is 241 g/mol. The van der Waals surface area contributed by atoms with Gasteiger partial charge in [-0.1, -0.05) is 22.9 Å². The maximum Gasteiger partial charge on any atom is 0.0993 e. The Morgan fingerprint density at radius 2 is 2.23 bits per heavy atom. The number of amidine groups is 1. The van der Waals surface area contributed by atoms with Gasteiger partial charge in [-0.3, -0.25) is 0 Å². The Kier molecular flexibility index (Phi) is 3.48. The van der Waals surface area contributed by atoms with Crippen LogP contribution < -0.4 is 5.73 Å². The highest BCUT2D eigenvalue weighted by Crippen LogP contribution is 2.21. The van der Waals surface area contributed by atoms with E-state index in [9.17, 15) is 0 Å². The topological polar surface area (TPSA) is 38.4 Å². The van der Waals surface area contributed by atoms with Crippen LogP contribution in [0.15, 0.2) is 27.7 Å². The zero-order chi connectivity index (χ0) is 9.84. The van der Waals surface area contributed by atoms with Crippen molar-refractivity contribution in [1.82, 2.24) is 0 Å². The lowest BCUT2D eigenvalue weighted by atomic mass is 10.2. The molecule has 0 aliphatic rings. The van der Waals surface area contributed by atoms with Crippen molar-refractivity contribution in [2.75, 3.05) is 0 Å². The summed E-state index contributed by atoms with van der Waals surface area (Å²) in [6.07, 6.45) is 0.787. The van der Waals surface area contributed by atoms with Gasteiger partial charge in [-0.2, -0.15) is 0 Å². The molecule has 2 nitrogen and oxygen atoms in total. The van der Waals surface area contributed by atoms with E-state index in [0.717, 1.165) is 16.6 Å². The van der Waals surface area contributed by atoms with Gasteiger partial charge < -0.3 is 5.73 Å². The summed E-state index contributed by atoms with van der Waals surface area (Å²) in [5, 5.41) is 0. The SMILES string of the molecule is CCC(N)=Nc1ccc(Br)c(C)c1. The Hall–Kier alpha value is -0.830. The molecule has 2 N–H and O–H groups in total. The molecule has 13 heavy (non-hydrogen) atoms. The minimum atomic E-state index is 0.668. The Morgan fingerprint density at radius 1 is 1.54 bits per heavy atom. The maximum absolute atomic E-state index is 5.63. The molecule has 0 radical (unpaired) electrons. The number of aliphatic imine (C=N–C) groups is 1. The van der Waals surface area contributed by atoms with Crippen LogP contribution in [0.25, 0.3) is 0 Å². The summed E-state index contributed by atoms with van der Waals surface area (Å²) < 4.78 is 1.10. The quantitative estimate of drug-likeness (QED) is 0.626. The van der Waals surface area contributed by atoms with Crippen molar-refractivity contribution in [2.24, 2.45) is 10.7 Å². The number of aryl methyl sites for hydroxylation is 1. The van der Waals surface area contributed by atoms with E-state index in [4.69, 9.17) is 5.73 Å². The summed E-state index contributed by atoms with van der Waals surface area (Å²) in [7, 11) is 0. The van der Waals surface area contributed by atoms with Gasteiger partial charge >= 0.3 is 0 Å². The van der Waals surface area contributed by atoms with Crippen LogP contribution in [-0.4, -0.2) is 5.84 Å². The highest BCUT2D eigenvalue weighted by molar-refractivity contribution is 9.10. The zero-order valence-electron chi connectivity index (χ0n) is 7.84. The minimum absolute atomic E-state index is 0.668. The molecule has 0 heterocycles. The van der Waals surface area contributed by atoms with Crippen molar-refractivity contribution in [1.29, 1.82) is 0 Å². The molecular formula is C10H13BrN2. The summed E-state index contributed by atoms with van der Waals surface area (Å²) in [6, 6.07) is 5.93. The lowest BCUT2D eigenvalue weighted by Crippen LogP contribution is -2.08. The van der Waals surface area contributed by atoms with E-state index in [1.807, 2.05) is 32.0 Å². The predicted octanol–water partition coefficient (Wildman–Crippen LogP) is 3.16. The summed E-state index contributed by atoms with van der Waals surface area (Å²) >= 11 is 3.43. The van der Waals surface area contributed by atoms with E-state index in [1.54, 1.807) is 0 Å². The van der Waals surface area contributed by atoms with Gasteiger partial charge in [0.15, 0.2) is 0 Å². The molecule has 1 rings (SSSR count). The van der Waals surface area contributed by atoms with E-state index in [2.05, 4.69) is 20.9 Å². The number of nitrogens with two attached hydrogens (primary N) is 1. The highest BCUT2D eigenvalue weighted by Gasteiger charge is 1.96. The molecule has 0 aromatic heterocycles. The third kappa shape index (κ3) is 2.84. The Balaban J connectivity index is 2.98. The van der Waals surface area contributed by atoms with Crippen LogP contribution in [0.5, 0.6) is 0 Å². The van der Waals surface area contributed by atoms with Crippen LogP contribution in [0.2, 0.25) is 0 Å². The zero-order valence-corrected chi connectivity index (χ0v) is 9.43. The van der Waals surface area contributed by atoms with Crippen LogP contribution in [0.1, 0.15) is 18.9 Å². The standard InChI is InChI=1S/C10H13BrN2/c1-3-10(12)13-8-4-5-9(11)7(2)6-8/h4-6H,3H2,1-2H3,(H2,12,13). The average Bonchev–Trinajstić information content (AvgIpc) is 2.11. The number of rotatable bonds is 2. The third-order valence-corrected chi connectivity index (χ3v) is 2.67. The molecule has 3 heteroatoms. The molecule has 0 aliphatic carbocycles. The molecular weight excluding hydrogens is 228 g/mol. The largest absolute Gasteiger partial charge is 0.387 e. The van der Waals surface area contributed by atoms with Gasteiger partial charge in [-0.15, -0.1) is 0 Å². The van der Waals surface area contributed by atoms with Crippen molar-refractivity contribution < 1.29 is 0 Å². The molecule has 1 aromatic carbocycles. The second-order valence-corrected chi connectivity index (χ2v) is 3.74. The Bertz CT molecular complexity index is 332. The molecule has 0 atom stereocenters. The van der Waals surface area contributed by atoms with Crippen molar-refractivity contribution >= 4 is 27.5 Å². The van der Waals surface area contributed by atoms with Crippen LogP contribution in [0.4, 0.5) is 5.69 Å². The second kappa shape index (κ2) is 4.42. The number of halogens is 1. The lowest BCUT2D eigenvalue weighted by Gasteiger charge is -2.00. The van der Waals surface area contributed by atoms with Crippen molar-refractivity contribution in [2.45, 2.75) is 20.3 Å². The molecule has 0 amide bonds. The molecule has 70 valence electrons. The number of hydrogen-bond donors (Lipinski definition) is 1. The van der Waals surface area contributed by atoms with E-state index in [0.29, 0.717) is 5.84 Å². The Morgan fingerprint density at radius 3 is 2.77 bits per heavy atom. The van der Waals surface area contributed by atoms with Gasteiger partial charge in [0.05, 0.1) is 11.5 Å². The maximum atomic E-state index is 5.63. The first kappa shape index (κ1) is 10.3. The third-order valence-electron chi connectivity index (χ3n) is 1.78. The lowest BCUT2D eigenvalue weighted by molar-refractivity contribution is 1.23. The van der Waals surface area contributed by atoms with Gasteiger partial charge in [0.2, 0.25) is 0 Å². The molecule has 0 bridgehead atoms. The molecule has 0 unspecified atom stereocenters. The van der Waals surface area contributed by atoms with Crippen molar-refractivity contribution in [3.63, 3.8) is 0 Å². The fourth-order valence-corrected chi connectivity index (χ4v) is 1.19. The fraction of sp³-hybridized carbons (Fsp3) is 0.300. The van der Waals surface area contributed by atoms with Crippen molar-refractivity contribution in [3.8, 4) is 0 Å². The first-order valence-corrected chi connectivity index (χ1v) is 5.02. The smallest absolute Gasteiger partial charge is 0.0993 e. The van der Waals surface area contributed by atoms with Crippen molar-refractivity contribution in [3.05, 3.63) is 28.2 Å². The van der Waals surface area contributed by atoms with Crippen LogP contribution in [0.3, 0.4) is 0 Å². The van der Waals surface area contributed by atoms with E-state index in [-0.39, 0.29) is 0 Å². The van der Waals surface area contributed by atoms with E-state index >= 15 is 0 Å². The summed E-state index contributed by atoms with van der Waals surface area (Å²) in [4.78, 5) is 4.25. The minimum Gasteiger partial charge on any atom is -0.387 e. The monoisotopic (exact) mass is 240 g/mol. The molecule has 0 saturated heterocycles. The summed E-state index contributed by atoms with van der Waals surface area (Å²) in [5.74, 6) is 0.668. The predicted molar refractivity (Wildman–Crippen MR) is 60.5 cm³/mol. The Labute approximate surface area is 87.0 Å². The molecule has 0 saturated carbocycles. The van der Waals surface area contributed by atoms with E-state index in [1.165, 1.54) is 5.56 Å². The number of benzene rings is 1. The second-order valence-electron chi connectivity index (χ2n) is 2.89. The van der Waals surface area contributed by atoms with E-state index < -0.39 is 0 Å². The normalized spacial score (nSPS) is 11.8. The van der Waals surface area contributed by atoms with Gasteiger partial charge in [0.1, 0.15) is 0 Å². The fourth-order valence-electron chi connectivity index (χ4n) is 0.943. The number of hydrogen-bond acceptors (Lipinski definition) is 1. The first-order chi connectivity index (χ1) is 6.13. The highest BCUT2D eigenvalue weighted by atomic mass is 79.9. The molecule has 0 spiro atoms. The molecule has 0 aliphatic heterocycles. The molecule has 0 fully saturated rings. The first-order valence-electron chi connectivity index (χ1n) is 4.22. The number of nitrogens with zero attached hydrogens (tertiary/aromatic N) is 1. The summed E-state index contributed by atoms with van der Waals surface area (Å²) in [5.41, 5.74) is 7.72. The summed E-state index contributed by atoms with van der Waals surface area (Å²) in [6.45, 7) is 4.02. The van der Waals surface area contributed by atoms with Gasteiger partial charge in [-0.05, 0) is 30.7 Å².